The highest BCUT2D eigenvalue weighted by Gasteiger charge is 2.03. The van der Waals surface area contributed by atoms with E-state index in [0.717, 1.165) is 0 Å². The Morgan fingerprint density at radius 1 is 1.32 bits per heavy atom. The SMILES string of the molecule is COC(=O)CNc1ncc(-c2cccc(F)c2)cn1. The first-order valence-corrected chi connectivity index (χ1v) is 5.57. The first-order chi connectivity index (χ1) is 9.19. The van der Waals surface area contributed by atoms with Crippen molar-refractivity contribution in [3.8, 4) is 11.1 Å². The maximum Gasteiger partial charge on any atom is 0.325 e. The predicted octanol–water partition coefficient (Wildman–Crippen LogP) is 1.87. The predicted molar refractivity (Wildman–Crippen MR) is 67.9 cm³/mol. The van der Waals surface area contributed by atoms with Gasteiger partial charge in [0.15, 0.2) is 0 Å². The Kier molecular flexibility index (Phi) is 4.02. The van der Waals surface area contributed by atoms with Crippen LogP contribution in [-0.4, -0.2) is 29.6 Å². The molecule has 1 N–H and O–H groups in total. The van der Waals surface area contributed by atoms with E-state index in [4.69, 9.17) is 0 Å². The van der Waals surface area contributed by atoms with Gasteiger partial charge in [-0.1, -0.05) is 12.1 Å². The number of ether oxygens (including phenoxy) is 1. The Hall–Kier alpha value is -2.50. The lowest BCUT2D eigenvalue weighted by Gasteiger charge is -2.04. The van der Waals surface area contributed by atoms with Gasteiger partial charge in [-0.15, -0.1) is 0 Å². The maximum atomic E-state index is 13.1. The van der Waals surface area contributed by atoms with Crippen molar-refractivity contribution in [1.82, 2.24) is 9.97 Å². The third-order valence-corrected chi connectivity index (χ3v) is 2.43. The number of nitrogens with zero attached hydrogens (tertiary/aromatic N) is 2. The molecular formula is C13H12FN3O2. The van der Waals surface area contributed by atoms with Gasteiger partial charge in [0.25, 0.3) is 0 Å². The van der Waals surface area contributed by atoms with E-state index in [9.17, 15) is 9.18 Å². The molecule has 6 heteroatoms. The minimum absolute atomic E-state index is 0.00415. The number of aromatic nitrogens is 2. The summed E-state index contributed by atoms with van der Waals surface area (Å²) in [5.41, 5.74) is 1.39. The van der Waals surface area contributed by atoms with Gasteiger partial charge in [0.1, 0.15) is 12.4 Å². The summed E-state index contributed by atoms with van der Waals surface area (Å²) in [7, 11) is 1.30. The molecule has 2 rings (SSSR count). The minimum Gasteiger partial charge on any atom is -0.468 e. The second kappa shape index (κ2) is 5.90. The van der Waals surface area contributed by atoms with Gasteiger partial charge in [-0.3, -0.25) is 4.79 Å². The largest absolute Gasteiger partial charge is 0.468 e. The summed E-state index contributed by atoms with van der Waals surface area (Å²) in [6.07, 6.45) is 3.11. The quantitative estimate of drug-likeness (QED) is 0.851. The van der Waals surface area contributed by atoms with Crippen LogP contribution in [0.15, 0.2) is 36.7 Å². The maximum absolute atomic E-state index is 13.1. The summed E-state index contributed by atoms with van der Waals surface area (Å²) in [4.78, 5) is 19.0. The minimum atomic E-state index is -0.405. The van der Waals surface area contributed by atoms with E-state index in [1.165, 1.54) is 19.2 Å². The highest BCUT2D eigenvalue weighted by atomic mass is 19.1. The molecule has 0 saturated heterocycles. The molecule has 0 aliphatic carbocycles. The van der Waals surface area contributed by atoms with Gasteiger partial charge in [0.2, 0.25) is 5.95 Å². The molecule has 0 bridgehead atoms. The summed E-state index contributed by atoms with van der Waals surface area (Å²) in [5, 5.41) is 2.71. The fourth-order valence-electron chi connectivity index (χ4n) is 1.46. The molecule has 1 aromatic carbocycles. The standard InChI is InChI=1S/C13H12FN3O2/c1-19-12(18)8-17-13-15-6-10(7-16-13)9-3-2-4-11(14)5-9/h2-7H,8H2,1H3,(H,15,16,17). The van der Waals surface area contributed by atoms with Crippen LogP contribution in [0.1, 0.15) is 0 Å². The average Bonchev–Trinajstić information content (AvgIpc) is 2.45. The fraction of sp³-hybridized carbons (Fsp3) is 0.154. The lowest BCUT2D eigenvalue weighted by molar-refractivity contribution is -0.138. The van der Waals surface area contributed by atoms with Crippen LogP contribution >= 0.6 is 0 Å². The molecule has 0 spiro atoms. The fourth-order valence-corrected chi connectivity index (χ4v) is 1.46. The van der Waals surface area contributed by atoms with E-state index >= 15 is 0 Å². The molecule has 0 fully saturated rings. The molecule has 5 nitrogen and oxygen atoms in total. The molecule has 0 unspecified atom stereocenters. The number of hydrogen-bond donors (Lipinski definition) is 1. The normalized spacial score (nSPS) is 10.0. The number of hydrogen-bond acceptors (Lipinski definition) is 5. The number of esters is 1. The summed E-state index contributed by atoms with van der Waals surface area (Å²) >= 11 is 0. The average molecular weight is 261 g/mol. The van der Waals surface area contributed by atoms with Crippen LogP contribution in [-0.2, 0) is 9.53 Å². The van der Waals surface area contributed by atoms with Crippen LogP contribution in [0.3, 0.4) is 0 Å². The number of carbonyl (C=O) groups excluding carboxylic acids is 1. The van der Waals surface area contributed by atoms with Gasteiger partial charge < -0.3 is 10.1 Å². The molecule has 19 heavy (non-hydrogen) atoms. The Balaban J connectivity index is 2.08. The van der Waals surface area contributed by atoms with E-state index in [2.05, 4.69) is 20.0 Å². The number of benzene rings is 1. The first kappa shape index (κ1) is 12.9. The zero-order chi connectivity index (χ0) is 13.7. The van der Waals surface area contributed by atoms with Gasteiger partial charge in [0, 0.05) is 18.0 Å². The van der Waals surface area contributed by atoms with Crippen LogP contribution in [0, 0.1) is 5.82 Å². The number of rotatable bonds is 4. The summed E-state index contributed by atoms with van der Waals surface area (Å²) in [6, 6.07) is 6.16. The Morgan fingerprint density at radius 3 is 2.68 bits per heavy atom. The van der Waals surface area contributed by atoms with Crippen molar-refractivity contribution in [2.24, 2.45) is 0 Å². The lowest BCUT2D eigenvalue weighted by atomic mass is 10.1. The van der Waals surface area contributed by atoms with Crippen molar-refractivity contribution in [1.29, 1.82) is 0 Å². The number of halogens is 1. The first-order valence-electron chi connectivity index (χ1n) is 5.57. The van der Waals surface area contributed by atoms with Gasteiger partial charge >= 0.3 is 5.97 Å². The van der Waals surface area contributed by atoms with Crippen molar-refractivity contribution in [3.63, 3.8) is 0 Å². The van der Waals surface area contributed by atoms with E-state index in [1.54, 1.807) is 24.5 Å². The molecule has 2 aromatic rings. The van der Waals surface area contributed by atoms with Crippen molar-refractivity contribution >= 4 is 11.9 Å². The lowest BCUT2D eigenvalue weighted by Crippen LogP contribution is -2.16. The molecule has 1 aromatic heterocycles. The molecule has 0 aliphatic rings. The zero-order valence-electron chi connectivity index (χ0n) is 10.3. The molecule has 0 saturated carbocycles. The molecule has 0 amide bonds. The van der Waals surface area contributed by atoms with E-state index in [1.807, 2.05) is 0 Å². The van der Waals surface area contributed by atoms with Crippen LogP contribution in [0.2, 0.25) is 0 Å². The Morgan fingerprint density at radius 2 is 2.05 bits per heavy atom. The second-order valence-electron chi connectivity index (χ2n) is 3.74. The summed E-state index contributed by atoms with van der Waals surface area (Å²) < 4.78 is 17.6. The third kappa shape index (κ3) is 3.48. The Labute approximate surface area is 109 Å². The van der Waals surface area contributed by atoms with Crippen LogP contribution in [0.5, 0.6) is 0 Å². The number of methoxy groups -OCH3 is 1. The smallest absolute Gasteiger partial charge is 0.325 e. The van der Waals surface area contributed by atoms with Gasteiger partial charge in [-0.25, -0.2) is 14.4 Å². The summed E-state index contributed by atoms with van der Waals surface area (Å²) in [5.74, 6) is -0.409. The van der Waals surface area contributed by atoms with Crippen molar-refractivity contribution in [2.45, 2.75) is 0 Å². The summed E-state index contributed by atoms with van der Waals surface area (Å²) in [6.45, 7) is -0.00415. The van der Waals surface area contributed by atoms with E-state index < -0.39 is 5.97 Å². The van der Waals surface area contributed by atoms with Crippen LogP contribution < -0.4 is 5.32 Å². The number of carbonyl (C=O) groups is 1. The van der Waals surface area contributed by atoms with Crippen LogP contribution in [0.25, 0.3) is 11.1 Å². The molecule has 0 aliphatic heterocycles. The van der Waals surface area contributed by atoms with Gasteiger partial charge in [-0.2, -0.15) is 0 Å². The van der Waals surface area contributed by atoms with Crippen LogP contribution in [0.4, 0.5) is 10.3 Å². The van der Waals surface area contributed by atoms with Crippen molar-refractivity contribution in [2.75, 3.05) is 19.0 Å². The van der Waals surface area contributed by atoms with Crippen molar-refractivity contribution in [3.05, 3.63) is 42.5 Å². The molecule has 0 radical (unpaired) electrons. The number of anilines is 1. The van der Waals surface area contributed by atoms with Gasteiger partial charge in [0.05, 0.1) is 7.11 Å². The topological polar surface area (TPSA) is 64.1 Å². The monoisotopic (exact) mass is 261 g/mol. The second-order valence-corrected chi connectivity index (χ2v) is 3.74. The third-order valence-electron chi connectivity index (χ3n) is 2.43. The molecule has 98 valence electrons. The highest BCUT2D eigenvalue weighted by Crippen LogP contribution is 2.18. The molecular weight excluding hydrogens is 249 g/mol. The van der Waals surface area contributed by atoms with E-state index in [0.29, 0.717) is 17.1 Å². The Bertz CT molecular complexity index is 572. The zero-order valence-corrected chi connectivity index (χ0v) is 10.3. The molecule has 0 atom stereocenters. The molecule has 1 heterocycles. The van der Waals surface area contributed by atoms with Crippen molar-refractivity contribution < 1.29 is 13.9 Å². The van der Waals surface area contributed by atoms with Gasteiger partial charge in [-0.05, 0) is 17.7 Å². The van der Waals surface area contributed by atoms with E-state index in [-0.39, 0.29) is 12.4 Å². The highest BCUT2D eigenvalue weighted by molar-refractivity contribution is 5.74. The number of nitrogens with one attached hydrogen (secondary N) is 1.